The molecule has 6 rings (SSSR count). The van der Waals surface area contributed by atoms with Gasteiger partial charge in [0.1, 0.15) is 6.04 Å². The SMILES string of the molecule is COC(=O)[C@H](CCCc1cc2ccc3ccc4ccc5ccc1c1c5c4c3c21)NC(=O)CNC(=O)[C@@H](N)CCCCN.Cl.Cl. The molecule has 0 fully saturated rings. The molecule has 10 heteroatoms. The Morgan fingerprint density at radius 2 is 1.34 bits per heavy atom. The fourth-order valence-corrected chi connectivity index (χ4v) is 6.53. The lowest BCUT2D eigenvalue weighted by atomic mass is 9.93. The average Bonchev–Trinajstić information content (AvgIpc) is 3.38. The van der Waals surface area contributed by atoms with Gasteiger partial charge < -0.3 is 26.8 Å². The molecule has 8 nitrogen and oxygen atoms in total. The molecule has 0 aromatic heterocycles. The van der Waals surface area contributed by atoms with Crippen LogP contribution in [0.5, 0.6) is 0 Å². The van der Waals surface area contributed by atoms with E-state index in [4.69, 9.17) is 16.2 Å². The molecule has 0 heterocycles. The van der Waals surface area contributed by atoms with E-state index >= 15 is 0 Å². The highest BCUT2D eigenvalue weighted by molar-refractivity contribution is 6.44. The third-order valence-corrected chi connectivity index (χ3v) is 8.60. The Morgan fingerprint density at radius 3 is 1.95 bits per heavy atom. The van der Waals surface area contributed by atoms with Crippen LogP contribution in [0.25, 0.3) is 53.9 Å². The molecule has 232 valence electrons. The van der Waals surface area contributed by atoms with E-state index in [2.05, 4.69) is 65.2 Å². The molecule has 0 aliphatic heterocycles. The van der Waals surface area contributed by atoms with Gasteiger partial charge in [-0.2, -0.15) is 0 Å². The van der Waals surface area contributed by atoms with Gasteiger partial charge in [0.25, 0.3) is 0 Å². The van der Waals surface area contributed by atoms with E-state index in [1.165, 1.54) is 66.5 Å². The van der Waals surface area contributed by atoms with Gasteiger partial charge in [0.15, 0.2) is 0 Å². The summed E-state index contributed by atoms with van der Waals surface area (Å²) in [6.07, 6.45) is 3.83. The zero-order chi connectivity index (χ0) is 29.4. The summed E-state index contributed by atoms with van der Waals surface area (Å²) in [6.45, 7) is 0.281. The molecule has 0 saturated heterocycles. The Bertz CT molecular complexity index is 1850. The van der Waals surface area contributed by atoms with Crippen molar-refractivity contribution in [2.45, 2.75) is 50.6 Å². The molecule has 2 amide bonds. The first-order valence-electron chi connectivity index (χ1n) is 14.7. The van der Waals surface area contributed by atoms with Crippen LogP contribution >= 0.6 is 24.8 Å². The molecule has 0 spiro atoms. The highest BCUT2D eigenvalue weighted by Crippen LogP contribution is 2.48. The standard InChI is InChI=1S/C34H36N4O4.2ClH/c1-42-34(41)26(38-27(39)18-37-33(40)25(36)6-2-3-16-35)7-4-5-22-17-23-13-12-20-9-8-19-10-11-21-14-15-24(22)32-30(21)28(19)29(20)31(23)32;;/h8-15,17,25-26H,2-7,16,18,35-36H2,1H3,(H,37,40)(H,38,39);2*1H/t25-,26-;;/m0../s1. The Kier molecular flexibility index (Phi) is 10.5. The highest BCUT2D eigenvalue weighted by atomic mass is 35.5. The number of nitrogens with one attached hydrogen (secondary N) is 2. The Balaban J connectivity index is 0.00000221. The number of nitrogens with two attached hydrogens (primary N) is 2. The number of ether oxygens (including phenoxy) is 1. The number of carbonyl (C=O) groups is 3. The number of hydrogen-bond donors (Lipinski definition) is 4. The highest BCUT2D eigenvalue weighted by Gasteiger charge is 2.24. The monoisotopic (exact) mass is 636 g/mol. The second kappa shape index (κ2) is 13.9. The second-order valence-corrected chi connectivity index (χ2v) is 11.3. The number of methoxy groups -OCH3 is 1. The molecule has 6 aromatic carbocycles. The maximum absolute atomic E-state index is 12.6. The van der Waals surface area contributed by atoms with Gasteiger partial charge in [-0.3, -0.25) is 9.59 Å². The lowest BCUT2D eigenvalue weighted by molar-refractivity contribution is -0.145. The van der Waals surface area contributed by atoms with Crippen molar-refractivity contribution in [1.82, 2.24) is 10.6 Å². The molecular weight excluding hydrogens is 599 g/mol. The molecule has 0 aliphatic rings. The first-order chi connectivity index (χ1) is 20.4. The van der Waals surface area contributed by atoms with E-state index in [0.29, 0.717) is 25.8 Å². The lowest BCUT2D eigenvalue weighted by Gasteiger charge is -2.18. The normalized spacial score (nSPS) is 12.9. The summed E-state index contributed by atoms with van der Waals surface area (Å²) in [4.78, 5) is 37.4. The number of amides is 2. The van der Waals surface area contributed by atoms with Crippen molar-refractivity contribution in [1.29, 1.82) is 0 Å². The van der Waals surface area contributed by atoms with Gasteiger partial charge in [0, 0.05) is 0 Å². The molecule has 0 saturated carbocycles. The van der Waals surface area contributed by atoms with E-state index in [9.17, 15) is 14.4 Å². The first kappa shape index (κ1) is 33.2. The molecule has 0 bridgehead atoms. The number of aryl methyl sites for hydroxylation is 1. The number of rotatable bonds is 13. The Hall–Kier alpha value is -3.69. The van der Waals surface area contributed by atoms with Crippen LogP contribution in [-0.2, 0) is 25.5 Å². The maximum atomic E-state index is 12.6. The van der Waals surface area contributed by atoms with E-state index in [1.807, 2.05) is 0 Å². The summed E-state index contributed by atoms with van der Waals surface area (Å²) >= 11 is 0. The minimum Gasteiger partial charge on any atom is -0.467 e. The van der Waals surface area contributed by atoms with Crippen molar-refractivity contribution in [3.05, 3.63) is 60.2 Å². The second-order valence-electron chi connectivity index (χ2n) is 11.3. The van der Waals surface area contributed by atoms with Gasteiger partial charge >= 0.3 is 5.97 Å². The van der Waals surface area contributed by atoms with Gasteiger partial charge in [-0.05, 0) is 98.1 Å². The smallest absolute Gasteiger partial charge is 0.328 e. The first-order valence-corrected chi connectivity index (χ1v) is 14.7. The van der Waals surface area contributed by atoms with Gasteiger partial charge in [0.05, 0.1) is 19.7 Å². The summed E-state index contributed by atoms with van der Waals surface area (Å²) < 4.78 is 4.97. The molecule has 0 radical (unpaired) electrons. The van der Waals surface area contributed by atoms with Crippen LogP contribution in [0.2, 0.25) is 0 Å². The van der Waals surface area contributed by atoms with Crippen LogP contribution in [0.15, 0.2) is 54.6 Å². The number of carbonyl (C=O) groups excluding carboxylic acids is 3. The van der Waals surface area contributed by atoms with Crippen LogP contribution in [0.1, 0.15) is 37.7 Å². The largest absolute Gasteiger partial charge is 0.467 e. The topological polar surface area (TPSA) is 137 Å². The summed E-state index contributed by atoms with van der Waals surface area (Å²) in [5.74, 6) is -1.38. The third-order valence-electron chi connectivity index (χ3n) is 8.60. The van der Waals surface area contributed by atoms with E-state index in [1.54, 1.807) is 0 Å². The van der Waals surface area contributed by atoms with Crippen molar-refractivity contribution in [3.63, 3.8) is 0 Å². The third kappa shape index (κ3) is 6.00. The number of halogens is 2. The summed E-state index contributed by atoms with van der Waals surface area (Å²) in [5.41, 5.74) is 12.6. The Morgan fingerprint density at radius 1 is 0.773 bits per heavy atom. The number of benzene rings is 5. The predicted octanol–water partition coefficient (Wildman–Crippen LogP) is 5.16. The minimum atomic E-state index is -0.815. The molecular formula is C34H38Cl2N4O4. The van der Waals surface area contributed by atoms with Crippen molar-refractivity contribution in [3.8, 4) is 0 Å². The van der Waals surface area contributed by atoms with Crippen LogP contribution < -0.4 is 22.1 Å². The average molecular weight is 638 g/mol. The van der Waals surface area contributed by atoms with Gasteiger partial charge in [-0.15, -0.1) is 24.8 Å². The Labute approximate surface area is 268 Å². The lowest BCUT2D eigenvalue weighted by Crippen LogP contribution is -2.48. The van der Waals surface area contributed by atoms with E-state index in [0.717, 1.165) is 19.3 Å². The molecule has 0 unspecified atom stereocenters. The molecule has 2 atom stereocenters. The molecule has 44 heavy (non-hydrogen) atoms. The van der Waals surface area contributed by atoms with Crippen molar-refractivity contribution < 1.29 is 19.1 Å². The minimum absolute atomic E-state index is 0. The maximum Gasteiger partial charge on any atom is 0.328 e. The van der Waals surface area contributed by atoms with Crippen molar-refractivity contribution >= 4 is 96.5 Å². The van der Waals surface area contributed by atoms with E-state index < -0.39 is 29.9 Å². The predicted molar refractivity (Wildman–Crippen MR) is 183 cm³/mol. The molecule has 6 N–H and O–H groups in total. The fourth-order valence-electron chi connectivity index (χ4n) is 6.53. The van der Waals surface area contributed by atoms with Crippen molar-refractivity contribution in [2.75, 3.05) is 20.2 Å². The molecule has 6 aromatic rings. The summed E-state index contributed by atoms with van der Waals surface area (Å²) in [7, 11) is 1.31. The van der Waals surface area contributed by atoms with E-state index in [-0.39, 0.29) is 31.4 Å². The number of esters is 1. The van der Waals surface area contributed by atoms with Crippen LogP contribution in [0, 0.1) is 0 Å². The van der Waals surface area contributed by atoms with Crippen LogP contribution in [0.4, 0.5) is 0 Å². The zero-order valence-electron chi connectivity index (χ0n) is 24.6. The van der Waals surface area contributed by atoms with Gasteiger partial charge in [0.2, 0.25) is 11.8 Å². The zero-order valence-corrected chi connectivity index (χ0v) is 26.2. The van der Waals surface area contributed by atoms with Gasteiger partial charge in [-0.25, -0.2) is 4.79 Å². The van der Waals surface area contributed by atoms with Crippen LogP contribution in [0.3, 0.4) is 0 Å². The summed E-state index contributed by atoms with van der Waals surface area (Å²) in [6, 6.07) is 18.4. The van der Waals surface area contributed by atoms with Gasteiger partial charge in [-0.1, -0.05) is 61.0 Å². The quantitative estimate of drug-likeness (QED) is 0.0785. The fraction of sp³-hybridized carbons (Fsp3) is 0.324. The van der Waals surface area contributed by atoms with Crippen LogP contribution in [-0.4, -0.2) is 50.1 Å². The number of unbranched alkanes of at least 4 members (excludes halogenated alkanes) is 1. The summed E-state index contributed by atoms with van der Waals surface area (Å²) in [5, 5.41) is 18.1. The number of hydrogen-bond acceptors (Lipinski definition) is 6. The van der Waals surface area contributed by atoms with Crippen molar-refractivity contribution in [2.24, 2.45) is 11.5 Å². The molecule has 0 aliphatic carbocycles.